The maximum absolute atomic E-state index is 11.6. The largest absolute Gasteiger partial charge is 1.00 e. The van der Waals surface area contributed by atoms with Crippen LogP contribution in [0.4, 0.5) is 0 Å². The van der Waals surface area contributed by atoms with Gasteiger partial charge in [-0.15, -0.1) is 0 Å². The van der Waals surface area contributed by atoms with Gasteiger partial charge in [0.1, 0.15) is 5.78 Å². The van der Waals surface area contributed by atoms with Crippen molar-refractivity contribution in [2.24, 2.45) is 0 Å². The molecule has 27 heavy (non-hydrogen) atoms. The van der Waals surface area contributed by atoms with Gasteiger partial charge in [0.2, 0.25) is 0 Å². The molecule has 0 saturated carbocycles. The van der Waals surface area contributed by atoms with Crippen LogP contribution in [0.5, 0.6) is 0 Å². The topological polar surface area (TPSA) is 69.2 Å². The van der Waals surface area contributed by atoms with E-state index in [1.807, 2.05) is 0 Å². The number of carboxylic acids is 1. The van der Waals surface area contributed by atoms with Gasteiger partial charge in [-0.05, 0) is 39.0 Å². The first-order valence-electron chi connectivity index (χ1n) is 10.7. The van der Waals surface area contributed by atoms with E-state index < -0.39 is 12.0 Å². The fourth-order valence-electron chi connectivity index (χ4n) is 2.83. The van der Waals surface area contributed by atoms with Crippen LogP contribution in [0.25, 0.3) is 0 Å². The number of hydrogen-bond acceptors (Lipinski definition) is 4. The Balaban J connectivity index is 0. The number of carbonyl (C=O) groups is 2. The van der Waals surface area contributed by atoms with Crippen LogP contribution in [0.3, 0.4) is 0 Å². The molecule has 5 heteroatoms. The SMILES string of the molecule is CCCCCCCC/C=C\CCCCCCCC(=O)CN[C@@H](C)C(=O)[O-].[Na+]. The number of hydrogen-bond donors (Lipinski definition) is 1. The van der Waals surface area contributed by atoms with Crippen LogP contribution in [0.15, 0.2) is 12.2 Å². The van der Waals surface area contributed by atoms with E-state index in [4.69, 9.17) is 0 Å². The van der Waals surface area contributed by atoms with Crippen LogP contribution >= 0.6 is 0 Å². The molecular weight excluding hydrogens is 349 g/mol. The summed E-state index contributed by atoms with van der Waals surface area (Å²) in [5.41, 5.74) is 0. The first-order chi connectivity index (χ1) is 12.6. The maximum atomic E-state index is 11.6. The summed E-state index contributed by atoms with van der Waals surface area (Å²) in [4.78, 5) is 22.1. The van der Waals surface area contributed by atoms with E-state index in [1.165, 1.54) is 77.6 Å². The average molecular weight is 390 g/mol. The van der Waals surface area contributed by atoms with Gasteiger partial charge in [-0.3, -0.25) is 4.79 Å². The molecule has 0 aromatic heterocycles. The fraction of sp³-hybridized carbons (Fsp3) is 0.818. The predicted molar refractivity (Wildman–Crippen MR) is 107 cm³/mol. The Morgan fingerprint density at radius 2 is 1.33 bits per heavy atom. The number of Topliss-reactive ketones (excluding diaryl/α,β-unsaturated/α-hetero) is 1. The predicted octanol–water partition coefficient (Wildman–Crippen LogP) is 1.33. The minimum Gasteiger partial charge on any atom is -0.548 e. The summed E-state index contributed by atoms with van der Waals surface area (Å²) in [6.45, 7) is 3.87. The number of unbranched alkanes of at least 4 members (excludes halogenated alkanes) is 11. The Morgan fingerprint density at radius 1 is 0.852 bits per heavy atom. The van der Waals surface area contributed by atoms with Gasteiger partial charge in [0.15, 0.2) is 0 Å². The molecule has 0 heterocycles. The number of nitrogens with one attached hydrogen (secondary N) is 1. The summed E-state index contributed by atoms with van der Waals surface area (Å²) in [5, 5.41) is 13.2. The van der Waals surface area contributed by atoms with E-state index in [9.17, 15) is 14.7 Å². The second-order valence-corrected chi connectivity index (χ2v) is 7.29. The molecular formula is C22H40NNaO3. The molecule has 0 aliphatic rings. The Labute approximate surface area is 189 Å². The summed E-state index contributed by atoms with van der Waals surface area (Å²) in [7, 11) is 0. The first-order valence-corrected chi connectivity index (χ1v) is 10.7. The zero-order valence-electron chi connectivity index (χ0n) is 18.1. The second kappa shape index (κ2) is 22.1. The van der Waals surface area contributed by atoms with Crippen molar-refractivity contribution >= 4 is 11.8 Å². The Hall–Kier alpha value is -0.160. The summed E-state index contributed by atoms with van der Waals surface area (Å²) in [6, 6.07) is -0.770. The smallest absolute Gasteiger partial charge is 0.548 e. The minimum atomic E-state index is -1.17. The Morgan fingerprint density at radius 3 is 1.85 bits per heavy atom. The molecule has 0 radical (unpaired) electrons. The molecule has 1 N–H and O–H groups in total. The van der Waals surface area contributed by atoms with Gasteiger partial charge in [0.05, 0.1) is 12.5 Å². The zero-order chi connectivity index (χ0) is 19.5. The van der Waals surface area contributed by atoms with Gasteiger partial charge < -0.3 is 15.2 Å². The van der Waals surface area contributed by atoms with E-state index in [2.05, 4.69) is 24.4 Å². The van der Waals surface area contributed by atoms with Gasteiger partial charge >= 0.3 is 29.6 Å². The quantitative estimate of drug-likeness (QED) is 0.206. The number of rotatable bonds is 19. The zero-order valence-corrected chi connectivity index (χ0v) is 20.1. The van der Waals surface area contributed by atoms with Crippen molar-refractivity contribution in [3.8, 4) is 0 Å². The second-order valence-electron chi connectivity index (χ2n) is 7.29. The van der Waals surface area contributed by atoms with E-state index in [1.54, 1.807) is 0 Å². The van der Waals surface area contributed by atoms with Crippen molar-refractivity contribution < 1.29 is 44.3 Å². The van der Waals surface area contributed by atoms with E-state index >= 15 is 0 Å². The molecule has 0 amide bonds. The molecule has 1 atom stereocenters. The van der Waals surface area contributed by atoms with Crippen LogP contribution in [-0.4, -0.2) is 24.3 Å². The van der Waals surface area contributed by atoms with Gasteiger partial charge in [0.25, 0.3) is 0 Å². The molecule has 0 rings (SSSR count). The molecule has 0 fully saturated rings. The molecule has 0 saturated heterocycles. The third kappa shape index (κ3) is 22.0. The molecule has 0 unspecified atom stereocenters. The van der Waals surface area contributed by atoms with Crippen molar-refractivity contribution in [3.63, 3.8) is 0 Å². The van der Waals surface area contributed by atoms with Gasteiger partial charge in [-0.1, -0.05) is 70.4 Å². The standard InChI is InChI=1S/C22H41NO3.Na/c1-3-4-5-6-7-8-9-10-11-12-13-14-15-16-17-18-21(24)19-23-20(2)22(25)26;/h10-11,20,23H,3-9,12-19H2,1-2H3,(H,25,26);/q;+1/p-1/b11-10-;/t20-;/m0./s1. The van der Waals surface area contributed by atoms with Crippen molar-refractivity contribution in [3.05, 3.63) is 12.2 Å². The number of carbonyl (C=O) groups excluding carboxylic acids is 2. The van der Waals surface area contributed by atoms with Crippen LogP contribution in [-0.2, 0) is 9.59 Å². The number of aliphatic carboxylic acids is 1. The van der Waals surface area contributed by atoms with Crippen molar-refractivity contribution in [2.75, 3.05) is 6.54 Å². The summed E-state index contributed by atoms with van der Waals surface area (Å²) >= 11 is 0. The third-order valence-electron chi connectivity index (χ3n) is 4.68. The molecule has 0 bridgehead atoms. The van der Waals surface area contributed by atoms with E-state index in [-0.39, 0.29) is 41.9 Å². The maximum Gasteiger partial charge on any atom is 1.00 e. The van der Waals surface area contributed by atoms with E-state index in [0.29, 0.717) is 6.42 Å². The molecule has 152 valence electrons. The molecule has 0 aliphatic heterocycles. The molecule has 4 nitrogen and oxygen atoms in total. The molecule has 0 aliphatic carbocycles. The molecule has 0 spiro atoms. The van der Waals surface area contributed by atoms with Gasteiger partial charge in [-0.25, -0.2) is 0 Å². The number of carboxylic acid groups (broad SMARTS) is 1. The number of allylic oxidation sites excluding steroid dienone is 2. The fourth-order valence-corrected chi connectivity index (χ4v) is 2.83. The summed E-state index contributed by atoms with van der Waals surface area (Å²) < 4.78 is 0. The molecule has 0 aromatic carbocycles. The molecule has 0 aromatic rings. The minimum absolute atomic E-state index is 0. The van der Waals surface area contributed by atoms with Crippen molar-refractivity contribution in [1.29, 1.82) is 0 Å². The van der Waals surface area contributed by atoms with E-state index in [0.717, 1.165) is 12.8 Å². The van der Waals surface area contributed by atoms with Crippen LogP contribution in [0.2, 0.25) is 0 Å². The van der Waals surface area contributed by atoms with Gasteiger partial charge in [0, 0.05) is 12.5 Å². The van der Waals surface area contributed by atoms with Crippen molar-refractivity contribution in [2.45, 2.75) is 110 Å². The number of ketones is 1. The van der Waals surface area contributed by atoms with Crippen LogP contribution in [0.1, 0.15) is 104 Å². The average Bonchev–Trinajstić information content (AvgIpc) is 2.62. The van der Waals surface area contributed by atoms with Crippen LogP contribution < -0.4 is 40.0 Å². The monoisotopic (exact) mass is 389 g/mol. The Kier molecular flexibility index (Phi) is 23.8. The van der Waals surface area contributed by atoms with Crippen LogP contribution in [0, 0.1) is 0 Å². The van der Waals surface area contributed by atoms with Gasteiger partial charge in [-0.2, -0.15) is 0 Å². The summed E-state index contributed by atoms with van der Waals surface area (Å²) in [6.07, 6.45) is 21.3. The van der Waals surface area contributed by atoms with Crippen molar-refractivity contribution in [1.82, 2.24) is 5.32 Å². The Bertz CT molecular complexity index is 386. The third-order valence-corrected chi connectivity index (χ3v) is 4.68. The first kappa shape index (κ1) is 29.0. The normalized spacial score (nSPS) is 12.1. The summed E-state index contributed by atoms with van der Waals surface area (Å²) in [5.74, 6) is -1.09.